The average Bonchev–Trinajstić information content (AvgIpc) is 3.29. The van der Waals surface area contributed by atoms with Crippen LogP contribution in [-0.2, 0) is 11.2 Å². The topological polar surface area (TPSA) is 70.1 Å². The molecule has 0 bridgehead atoms. The predicted octanol–water partition coefficient (Wildman–Crippen LogP) is 7.06. The number of ether oxygens (including phenoxy) is 1. The van der Waals surface area contributed by atoms with Gasteiger partial charge >= 0.3 is 6.09 Å². The average molecular weight is 532 g/mol. The van der Waals surface area contributed by atoms with Crippen LogP contribution >= 0.6 is 34.8 Å². The van der Waals surface area contributed by atoms with E-state index in [9.17, 15) is 14.7 Å². The fourth-order valence-corrected chi connectivity index (χ4v) is 5.50. The Labute approximate surface area is 217 Å². The first-order valence-electron chi connectivity index (χ1n) is 11.2. The molecular formula is C26H21Cl3N2O4. The van der Waals surface area contributed by atoms with Crippen molar-refractivity contribution in [3.63, 3.8) is 0 Å². The van der Waals surface area contributed by atoms with Crippen LogP contribution in [0, 0.1) is 0 Å². The maximum atomic E-state index is 13.2. The minimum Gasteiger partial charge on any atom is -0.488 e. The molecule has 2 amide bonds. The van der Waals surface area contributed by atoms with Gasteiger partial charge in [0, 0.05) is 36.0 Å². The number of carbonyl (C=O) groups is 2. The molecule has 2 heterocycles. The summed E-state index contributed by atoms with van der Waals surface area (Å²) >= 11 is 19.6. The highest BCUT2D eigenvalue weighted by Gasteiger charge is 2.33. The third-order valence-electron chi connectivity index (χ3n) is 6.32. The third-order valence-corrected chi connectivity index (χ3v) is 7.26. The van der Waals surface area contributed by atoms with Crippen molar-refractivity contribution in [3.05, 3.63) is 75.2 Å². The van der Waals surface area contributed by atoms with E-state index in [-0.39, 0.29) is 25.0 Å². The molecule has 5 rings (SSSR count). The maximum Gasteiger partial charge on any atom is 0.407 e. The van der Waals surface area contributed by atoms with Crippen LogP contribution in [-0.4, -0.2) is 41.2 Å². The Balaban J connectivity index is 1.66. The summed E-state index contributed by atoms with van der Waals surface area (Å²) in [5.74, 6) is 0.381. The highest BCUT2D eigenvalue weighted by molar-refractivity contribution is 6.40. The molecule has 2 aliphatic heterocycles. The first-order chi connectivity index (χ1) is 16.8. The molecule has 0 spiro atoms. The highest BCUT2D eigenvalue weighted by atomic mass is 35.5. The van der Waals surface area contributed by atoms with Crippen molar-refractivity contribution in [2.45, 2.75) is 25.4 Å². The molecule has 1 saturated heterocycles. The Kier molecular flexibility index (Phi) is 6.53. The minimum atomic E-state index is -0.969. The molecule has 1 fully saturated rings. The van der Waals surface area contributed by atoms with E-state index in [4.69, 9.17) is 39.5 Å². The lowest BCUT2D eigenvalue weighted by Gasteiger charge is -2.33. The van der Waals surface area contributed by atoms with E-state index in [0.717, 1.165) is 16.7 Å². The predicted molar refractivity (Wildman–Crippen MR) is 137 cm³/mol. The van der Waals surface area contributed by atoms with E-state index < -0.39 is 6.09 Å². The Hall–Kier alpha value is -2.93. The minimum absolute atomic E-state index is 0.132. The van der Waals surface area contributed by atoms with E-state index in [1.807, 2.05) is 30.3 Å². The van der Waals surface area contributed by atoms with E-state index in [1.165, 1.54) is 4.90 Å². The van der Waals surface area contributed by atoms with E-state index in [1.54, 1.807) is 29.2 Å². The summed E-state index contributed by atoms with van der Waals surface area (Å²) in [5.41, 5.74) is 3.63. The molecule has 2 aliphatic rings. The van der Waals surface area contributed by atoms with Gasteiger partial charge in [0.25, 0.3) is 0 Å². The largest absolute Gasteiger partial charge is 0.488 e. The number of anilines is 2. The van der Waals surface area contributed by atoms with Crippen LogP contribution in [0.4, 0.5) is 16.2 Å². The zero-order chi connectivity index (χ0) is 24.7. The first-order valence-corrected chi connectivity index (χ1v) is 12.3. The number of carboxylic acid groups (broad SMARTS) is 1. The molecule has 6 nitrogen and oxygen atoms in total. The molecule has 35 heavy (non-hydrogen) atoms. The van der Waals surface area contributed by atoms with Crippen molar-refractivity contribution < 1.29 is 19.4 Å². The van der Waals surface area contributed by atoms with Gasteiger partial charge in [-0.25, -0.2) is 4.79 Å². The molecule has 3 aromatic rings. The van der Waals surface area contributed by atoms with Gasteiger partial charge < -0.3 is 14.7 Å². The Morgan fingerprint density at radius 3 is 2.34 bits per heavy atom. The van der Waals surface area contributed by atoms with Crippen LogP contribution in [0.1, 0.15) is 18.4 Å². The van der Waals surface area contributed by atoms with Crippen LogP contribution in [0.5, 0.6) is 5.75 Å². The number of fused-ring (bicyclic) bond motifs is 1. The lowest BCUT2D eigenvalue weighted by atomic mass is 9.91. The summed E-state index contributed by atoms with van der Waals surface area (Å²) in [6.07, 6.45) is 0.0963. The van der Waals surface area contributed by atoms with Crippen LogP contribution in [0.3, 0.4) is 0 Å². The Morgan fingerprint density at radius 2 is 1.66 bits per heavy atom. The smallest absolute Gasteiger partial charge is 0.407 e. The van der Waals surface area contributed by atoms with Gasteiger partial charge in [0.15, 0.2) is 0 Å². The lowest BCUT2D eigenvalue weighted by Crippen LogP contribution is -2.32. The number of benzene rings is 3. The molecule has 0 saturated carbocycles. The Morgan fingerprint density at radius 1 is 0.943 bits per heavy atom. The molecule has 0 aliphatic carbocycles. The number of hydrogen-bond acceptors (Lipinski definition) is 3. The molecule has 1 N–H and O–H groups in total. The van der Waals surface area contributed by atoms with Gasteiger partial charge in [0.1, 0.15) is 11.9 Å². The quantitative estimate of drug-likeness (QED) is 0.391. The van der Waals surface area contributed by atoms with Crippen LogP contribution in [0.25, 0.3) is 11.1 Å². The van der Waals surface area contributed by atoms with E-state index >= 15 is 0 Å². The highest BCUT2D eigenvalue weighted by Crippen LogP contribution is 2.47. The molecule has 0 radical (unpaired) electrons. The zero-order valence-corrected chi connectivity index (χ0v) is 20.8. The van der Waals surface area contributed by atoms with Crippen molar-refractivity contribution in [1.82, 2.24) is 4.90 Å². The summed E-state index contributed by atoms with van der Waals surface area (Å²) < 4.78 is 6.25. The summed E-state index contributed by atoms with van der Waals surface area (Å²) in [4.78, 5) is 27.5. The van der Waals surface area contributed by atoms with Crippen molar-refractivity contribution in [1.29, 1.82) is 0 Å². The van der Waals surface area contributed by atoms with Crippen LogP contribution in [0.2, 0.25) is 15.1 Å². The number of likely N-dealkylation sites (tertiary alicyclic amines) is 1. The van der Waals surface area contributed by atoms with Crippen molar-refractivity contribution in [2.75, 3.05) is 18.0 Å². The van der Waals surface area contributed by atoms with Gasteiger partial charge in [0.05, 0.1) is 28.0 Å². The number of para-hydroxylation sites is 1. The van der Waals surface area contributed by atoms with Gasteiger partial charge in [-0.3, -0.25) is 9.69 Å². The normalized spacial score (nSPS) is 17.5. The van der Waals surface area contributed by atoms with Gasteiger partial charge in [-0.1, -0.05) is 59.1 Å². The van der Waals surface area contributed by atoms with Crippen molar-refractivity contribution in [2.24, 2.45) is 0 Å². The molecule has 1 unspecified atom stereocenters. The van der Waals surface area contributed by atoms with Gasteiger partial charge in [0.2, 0.25) is 5.91 Å². The molecule has 1 atom stereocenters. The number of amides is 2. The fourth-order valence-electron chi connectivity index (χ4n) is 4.70. The summed E-state index contributed by atoms with van der Waals surface area (Å²) in [6, 6.07) is 16.3. The third kappa shape index (κ3) is 4.54. The second kappa shape index (κ2) is 9.61. The van der Waals surface area contributed by atoms with Crippen molar-refractivity contribution >= 4 is 58.2 Å². The van der Waals surface area contributed by atoms with Crippen LogP contribution in [0.15, 0.2) is 54.6 Å². The molecule has 0 aromatic heterocycles. The van der Waals surface area contributed by atoms with Gasteiger partial charge in [-0.05, 0) is 41.8 Å². The number of nitrogens with zero attached hydrogens (tertiary/aromatic N) is 2. The standard InChI is InChI=1S/C26H21Cl3N2O4/c27-20-5-2-1-4-17(20)19-12-16(35-15-10-11-30(14-15)26(33)34)13-23-18(19)8-9-24(32)31(23)25-21(28)6-3-7-22(25)29/h1-7,12-13,15H,8-11,14H2,(H,33,34). The van der Waals surface area contributed by atoms with E-state index in [0.29, 0.717) is 51.6 Å². The molecular weight excluding hydrogens is 511 g/mol. The summed E-state index contributed by atoms with van der Waals surface area (Å²) in [7, 11) is 0. The number of hydrogen-bond donors (Lipinski definition) is 1. The number of halogens is 3. The second-order valence-corrected chi connectivity index (χ2v) is 9.73. The molecule has 180 valence electrons. The van der Waals surface area contributed by atoms with Crippen molar-refractivity contribution in [3.8, 4) is 16.9 Å². The second-order valence-electron chi connectivity index (χ2n) is 8.50. The summed E-state index contributed by atoms with van der Waals surface area (Å²) in [5, 5.41) is 10.6. The van der Waals surface area contributed by atoms with Gasteiger partial charge in [-0.2, -0.15) is 0 Å². The first kappa shape index (κ1) is 23.8. The number of carbonyl (C=O) groups excluding carboxylic acids is 1. The monoisotopic (exact) mass is 530 g/mol. The zero-order valence-electron chi connectivity index (χ0n) is 18.5. The Bertz CT molecular complexity index is 1310. The maximum absolute atomic E-state index is 13.2. The summed E-state index contributed by atoms with van der Waals surface area (Å²) in [6.45, 7) is 0.676. The SMILES string of the molecule is O=C(O)N1CCC(Oc2cc(-c3ccccc3Cl)c3c(c2)N(c2c(Cl)cccc2Cl)C(=O)CC3)C1. The van der Waals surface area contributed by atoms with Crippen LogP contribution < -0.4 is 9.64 Å². The van der Waals surface area contributed by atoms with E-state index in [2.05, 4.69) is 0 Å². The number of rotatable bonds is 4. The lowest BCUT2D eigenvalue weighted by molar-refractivity contribution is -0.118. The molecule has 9 heteroatoms. The van der Waals surface area contributed by atoms with Gasteiger partial charge in [-0.15, -0.1) is 0 Å². The molecule has 3 aromatic carbocycles. The fraction of sp³-hybridized carbons (Fsp3) is 0.231.